The summed E-state index contributed by atoms with van der Waals surface area (Å²) in [4.78, 5) is 11.9. The Balaban J connectivity index is 1.68. The van der Waals surface area contributed by atoms with Crippen LogP contribution in [0.2, 0.25) is 0 Å². The second-order valence-corrected chi connectivity index (χ2v) is 6.05. The van der Waals surface area contributed by atoms with Crippen LogP contribution in [0.25, 0.3) is 0 Å². The molecule has 2 rings (SSSR count). The molecule has 2 aromatic carbocycles. The minimum atomic E-state index is 0.00408. The third-order valence-corrected chi connectivity index (χ3v) is 4.04. The average Bonchev–Trinajstić information content (AvgIpc) is 2.55. The number of halogens is 1. The van der Waals surface area contributed by atoms with Crippen LogP contribution in [0, 0.1) is 3.57 Å². The number of nitrogens with one attached hydrogen (secondary N) is 1. The Morgan fingerprint density at radius 2 is 1.70 bits per heavy atom. The summed E-state index contributed by atoms with van der Waals surface area (Å²) in [7, 11) is 0. The van der Waals surface area contributed by atoms with Crippen molar-refractivity contribution < 1.29 is 14.3 Å². The zero-order valence-corrected chi connectivity index (χ0v) is 15.2. The topological polar surface area (TPSA) is 47.6 Å². The first-order valence-electron chi connectivity index (χ1n) is 7.59. The highest BCUT2D eigenvalue weighted by molar-refractivity contribution is 14.1. The van der Waals surface area contributed by atoms with Crippen LogP contribution >= 0.6 is 22.6 Å². The lowest BCUT2D eigenvalue weighted by Gasteiger charge is -2.09. The molecule has 5 heteroatoms. The molecule has 0 spiro atoms. The first-order valence-corrected chi connectivity index (χ1v) is 8.67. The predicted octanol–water partition coefficient (Wildman–Crippen LogP) is 4.49. The van der Waals surface area contributed by atoms with Gasteiger partial charge in [0.15, 0.2) is 0 Å². The number of hydrogen-bond acceptors (Lipinski definition) is 3. The van der Waals surface area contributed by atoms with Crippen molar-refractivity contribution in [2.24, 2.45) is 0 Å². The molecule has 0 aliphatic rings. The van der Waals surface area contributed by atoms with Gasteiger partial charge in [0.2, 0.25) is 5.91 Å². The number of anilines is 1. The van der Waals surface area contributed by atoms with Gasteiger partial charge in [-0.15, -0.1) is 0 Å². The van der Waals surface area contributed by atoms with Crippen LogP contribution in [0.1, 0.15) is 19.8 Å². The van der Waals surface area contributed by atoms with Crippen molar-refractivity contribution in [3.63, 3.8) is 0 Å². The fourth-order valence-corrected chi connectivity index (χ4v) is 2.52. The Labute approximate surface area is 150 Å². The van der Waals surface area contributed by atoms with E-state index in [1.807, 2.05) is 55.5 Å². The van der Waals surface area contributed by atoms with Gasteiger partial charge < -0.3 is 14.8 Å². The van der Waals surface area contributed by atoms with Gasteiger partial charge in [0.25, 0.3) is 0 Å². The Bertz CT molecular complexity index is 628. The Morgan fingerprint density at radius 1 is 1.04 bits per heavy atom. The molecular weight excluding hydrogens is 405 g/mol. The van der Waals surface area contributed by atoms with Crippen LogP contribution in [-0.4, -0.2) is 19.1 Å². The van der Waals surface area contributed by atoms with Gasteiger partial charge in [0.1, 0.15) is 11.5 Å². The van der Waals surface area contributed by atoms with Crippen molar-refractivity contribution in [1.82, 2.24) is 0 Å². The Hall–Kier alpha value is -1.76. The minimum Gasteiger partial charge on any atom is -0.494 e. The molecule has 0 aromatic heterocycles. The summed E-state index contributed by atoms with van der Waals surface area (Å²) < 4.78 is 12.0. The van der Waals surface area contributed by atoms with E-state index in [1.54, 1.807) is 0 Å². The lowest BCUT2D eigenvalue weighted by molar-refractivity contribution is -0.116. The van der Waals surface area contributed by atoms with E-state index < -0.39 is 0 Å². The molecule has 0 bridgehead atoms. The van der Waals surface area contributed by atoms with Crippen molar-refractivity contribution in [2.45, 2.75) is 19.8 Å². The second-order valence-electron chi connectivity index (χ2n) is 4.88. The molecule has 23 heavy (non-hydrogen) atoms. The normalized spacial score (nSPS) is 10.2. The van der Waals surface area contributed by atoms with E-state index in [-0.39, 0.29) is 5.91 Å². The first-order chi connectivity index (χ1) is 11.2. The molecule has 0 atom stereocenters. The minimum absolute atomic E-state index is 0.00408. The monoisotopic (exact) mass is 425 g/mol. The first kappa shape index (κ1) is 17.6. The lowest BCUT2D eigenvalue weighted by atomic mass is 10.2. The molecule has 0 saturated heterocycles. The van der Waals surface area contributed by atoms with Crippen LogP contribution in [0.5, 0.6) is 11.5 Å². The molecule has 2 aromatic rings. The summed E-state index contributed by atoms with van der Waals surface area (Å²) >= 11 is 2.21. The Morgan fingerprint density at radius 3 is 2.35 bits per heavy atom. The summed E-state index contributed by atoms with van der Waals surface area (Å²) in [5.74, 6) is 1.62. The van der Waals surface area contributed by atoms with Crippen LogP contribution in [-0.2, 0) is 4.79 Å². The van der Waals surface area contributed by atoms with Gasteiger partial charge in [0.05, 0.1) is 18.9 Å². The average molecular weight is 425 g/mol. The van der Waals surface area contributed by atoms with Crippen LogP contribution in [0.3, 0.4) is 0 Å². The van der Waals surface area contributed by atoms with Crippen LogP contribution in [0.4, 0.5) is 5.69 Å². The van der Waals surface area contributed by atoms with Gasteiger partial charge in [-0.1, -0.05) is 12.1 Å². The standard InChI is InChI=1S/C18H20INO3/c1-2-22-14-9-11-15(12-10-14)23-13-5-8-18(21)20-17-7-4-3-6-16(17)19/h3-4,6-7,9-12H,2,5,8,13H2,1H3,(H,20,21). The number of para-hydroxylation sites is 1. The van der Waals surface area contributed by atoms with E-state index in [1.165, 1.54) is 0 Å². The van der Waals surface area contributed by atoms with Crippen molar-refractivity contribution in [1.29, 1.82) is 0 Å². The van der Waals surface area contributed by atoms with Crippen molar-refractivity contribution in [2.75, 3.05) is 18.5 Å². The molecule has 0 saturated carbocycles. The summed E-state index contributed by atoms with van der Waals surface area (Å²) in [6, 6.07) is 15.2. The molecule has 0 aliphatic heterocycles. The molecule has 0 heterocycles. The molecule has 0 aliphatic carbocycles. The smallest absolute Gasteiger partial charge is 0.224 e. The van der Waals surface area contributed by atoms with E-state index >= 15 is 0 Å². The molecular formula is C18H20INO3. The van der Waals surface area contributed by atoms with E-state index in [2.05, 4.69) is 27.9 Å². The van der Waals surface area contributed by atoms with Gasteiger partial charge in [-0.25, -0.2) is 0 Å². The van der Waals surface area contributed by atoms with Crippen LogP contribution < -0.4 is 14.8 Å². The number of carbonyl (C=O) groups is 1. The van der Waals surface area contributed by atoms with E-state index in [9.17, 15) is 4.79 Å². The predicted molar refractivity (Wildman–Crippen MR) is 100 cm³/mol. The van der Waals surface area contributed by atoms with E-state index in [0.717, 1.165) is 20.8 Å². The number of rotatable bonds is 8. The molecule has 1 amide bonds. The number of hydrogen-bond donors (Lipinski definition) is 1. The zero-order valence-electron chi connectivity index (χ0n) is 13.0. The van der Waals surface area contributed by atoms with Gasteiger partial charge in [-0.2, -0.15) is 0 Å². The molecule has 0 radical (unpaired) electrons. The fraction of sp³-hybridized carbons (Fsp3) is 0.278. The third-order valence-electron chi connectivity index (χ3n) is 3.10. The van der Waals surface area contributed by atoms with Gasteiger partial charge in [-0.3, -0.25) is 4.79 Å². The summed E-state index contributed by atoms with van der Waals surface area (Å²) in [5, 5.41) is 2.91. The summed E-state index contributed by atoms with van der Waals surface area (Å²) in [5.41, 5.74) is 0.852. The van der Waals surface area contributed by atoms with E-state index in [0.29, 0.717) is 26.1 Å². The van der Waals surface area contributed by atoms with Gasteiger partial charge in [0, 0.05) is 9.99 Å². The van der Waals surface area contributed by atoms with Crippen molar-refractivity contribution in [3.05, 3.63) is 52.1 Å². The molecule has 0 fully saturated rings. The third kappa shape index (κ3) is 6.09. The van der Waals surface area contributed by atoms with Crippen molar-refractivity contribution >= 4 is 34.2 Å². The van der Waals surface area contributed by atoms with Gasteiger partial charge >= 0.3 is 0 Å². The molecule has 0 unspecified atom stereocenters. The summed E-state index contributed by atoms with van der Waals surface area (Å²) in [6.45, 7) is 3.11. The largest absolute Gasteiger partial charge is 0.494 e. The SMILES string of the molecule is CCOc1ccc(OCCCC(=O)Nc2ccccc2I)cc1. The molecule has 122 valence electrons. The fourth-order valence-electron chi connectivity index (χ4n) is 2.00. The maximum Gasteiger partial charge on any atom is 0.224 e. The highest BCUT2D eigenvalue weighted by Crippen LogP contribution is 2.19. The highest BCUT2D eigenvalue weighted by Gasteiger charge is 2.05. The van der Waals surface area contributed by atoms with Gasteiger partial charge in [-0.05, 0) is 72.3 Å². The highest BCUT2D eigenvalue weighted by atomic mass is 127. The maximum absolute atomic E-state index is 11.9. The Kier molecular flexibility index (Phi) is 7.19. The number of ether oxygens (including phenoxy) is 2. The lowest BCUT2D eigenvalue weighted by Crippen LogP contribution is -2.13. The van der Waals surface area contributed by atoms with E-state index in [4.69, 9.17) is 9.47 Å². The van der Waals surface area contributed by atoms with Crippen LogP contribution in [0.15, 0.2) is 48.5 Å². The molecule has 4 nitrogen and oxygen atoms in total. The number of carbonyl (C=O) groups excluding carboxylic acids is 1. The van der Waals surface area contributed by atoms with Crippen molar-refractivity contribution in [3.8, 4) is 11.5 Å². The maximum atomic E-state index is 11.9. The quantitative estimate of drug-likeness (QED) is 0.501. The zero-order chi connectivity index (χ0) is 16.5. The second kappa shape index (κ2) is 9.39. The number of amides is 1. The number of benzene rings is 2. The molecule has 1 N–H and O–H groups in total. The summed E-state index contributed by atoms with van der Waals surface area (Å²) in [6.07, 6.45) is 1.10.